The number of hydrogen-bond donors (Lipinski definition) is 1. The van der Waals surface area contributed by atoms with E-state index in [0.717, 1.165) is 34.2 Å². The van der Waals surface area contributed by atoms with Gasteiger partial charge in [0.15, 0.2) is 0 Å². The first kappa shape index (κ1) is 11.6. The number of benzene rings is 1. The standard InChI is InChI=1S/C11H12ClN3S2/c12-8-1-2-9-11(15-17-14-9)10(8)13-5-7-3-4-16-6-7/h1-2,7,13H,3-6H2. The third kappa shape index (κ3) is 2.37. The van der Waals surface area contributed by atoms with Crippen molar-refractivity contribution in [2.24, 2.45) is 5.92 Å². The van der Waals surface area contributed by atoms with Gasteiger partial charge in [0, 0.05) is 6.54 Å². The zero-order valence-corrected chi connectivity index (χ0v) is 11.5. The molecule has 1 aromatic carbocycles. The van der Waals surface area contributed by atoms with E-state index in [4.69, 9.17) is 11.6 Å². The average molecular weight is 286 g/mol. The fraction of sp³-hybridized carbons (Fsp3) is 0.455. The van der Waals surface area contributed by atoms with Gasteiger partial charge in [0.2, 0.25) is 0 Å². The number of nitrogens with one attached hydrogen (secondary N) is 1. The summed E-state index contributed by atoms with van der Waals surface area (Å²) in [5.41, 5.74) is 2.76. The summed E-state index contributed by atoms with van der Waals surface area (Å²) in [5, 5.41) is 4.18. The van der Waals surface area contributed by atoms with E-state index in [1.165, 1.54) is 29.7 Å². The van der Waals surface area contributed by atoms with Crippen molar-refractivity contribution in [3.8, 4) is 0 Å². The van der Waals surface area contributed by atoms with Crippen molar-refractivity contribution in [2.75, 3.05) is 23.4 Å². The quantitative estimate of drug-likeness (QED) is 0.936. The van der Waals surface area contributed by atoms with Crippen LogP contribution in [0.5, 0.6) is 0 Å². The van der Waals surface area contributed by atoms with E-state index >= 15 is 0 Å². The first-order chi connectivity index (χ1) is 8.34. The zero-order valence-electron chi connectivity index (χ0n) is 9.15. The van der Waals surface area contributed by atoms with Crippen LogP contribution < -0.4 is 5.32 Å². The molecule has 1 fully saturated rings. The zero-order chi connectivity index (χ0) is 11.7. The minimum Gasteiger partial charge on any atom is -0.382 e. The largest absolute Gasteiger partial charge is 0.382 e. The molecule has 1 saturated heterocycles. The van der Waals surface area contributed by atoms with Gasteiger partial charge in [-0.2, -0.15) is 20.5 Å². The number of fused-ring (bicyclic) bond motifs is 1. The second-order valence-electron chi connectivity index (χ2n) is 4.16. The summed E-state index contributed by atoms with van der Waals surface area (Å²) in [7, 11) is 0. The molecule has 1 N–H and O–H groups in total. The monoisotopic (exact) mass is 285 g/mol. The molecule has 0 aliphatic carbocycles. The molecule has 1 aromatic heterocycles. The van der Waals surface area contributed by atoms with E-state index in [-0.39, 0.29) is 0 Å². The molecular formula is C11H12ClN3S2. The van der Waals surface area contributed by atoms with Crippen LogP contribution in [0.4, 0.5) is 5.69 Å². The number of anilines is 1. The van der Waals surface area contributed by atoms with Crippen LogP contribution in [0, 0.1) is 5.92 Å². The topological polar surface area (TPSA) is 37.8 Å². The van der Waals surface area contributed by atoms with E-state index in [0.29, 0.717) is 0 Å². The van der Waals surface area contributed by atoms with Crippen molar-refractivity contribution < 1.29 is 0 Å². The van der Waals surface area contributed by atoms with E-state index < -0.39 is 0 Å². The predicted octanol–water partition coefficient (Wildman–Crippen LogP) is 3.51. The molecule has 1 atom stereocenters. The van der Waals surface area contributed by atoms with Crippen LogP contribution in [-0.2, 0) is 0 Å². The third-order valence-corrected chi connectivity index (χ3v) is 5.06. The van der Waals surface area contributed by atoms with Gasteiger partial charge in [0.25, 0.3) is 0 Å². The van der Waals surface area contributed by atoms with Crippen molar-refractivity contribution in [1.82, 2.24) is 8.75 Å². The summed E-state index contributed by atoms with van der Waals surface area (Å²) in [5.74, 6) is 3.27. The Kier molecular flexibility index (Phi) is 3.40. The van der Waals surface area contributed by atoms with E-state index in [1.54, 1.807) is 0 Å². The van der Waals surface area contributed by atoms with Crippen LogP contribution in [0.15, 0.2) is 12.1 Å². The van der Waals surface area contributed by atoms with Crippen LogP contribution in [0.1, 0.15) is 6.42 Å². The number of rotatable bonds is 3. The number of hydrogen-bond acceptors (Lipinski definition) is 5. The van der Waals surface area contributed by atoms with Gasteiger partial charge in [-0.1, -0.05) is 11.6 Å². The third-order valence-electron chi connectivity index (χ3n) is 2.97. The molecule has 2 heterocycles. The molecule has 0 bridgehead atoms. The fourth-order valence-electron chi connectivity index (χ4n) is 1.99. The van der Waals surface area contributed by atoms with Crippen LogP contribution in [-0.4, -0.2) is 26.8 Å². The van der Waals surface area contributed by atoms with Gasteiger partial charge < -0.3 is 5.32 Å². The molecular weight excluding hydrogens is 274 g/mol. The second-order valence-corrected chi connectivity index (χ2v) is 6.25. The number of thioether (sulfide) groups is 1. The maximum atomic E-state index is 6.21. The van der Waals surface area contributed by atoms with Crippen LogP contribution in [0.3, 0.4) is 0 Å². The summed E-state index contributed by atoms with van der Waals surface area (Å²) in [4.78, 5) is 0. The summed E-state index contributed by atoms with van der Waals surface area (Å²) in [6.45, 7) is 0.976. The van der Waals surface area contributed by atoms with Gasteiger partial charge in [-0.3, -0.25) is 0 Å². The number of nitrogens with zero attached hydrogens (tertiary/aromatic N) is 2. The number of halogens is 1. The lowest BCUT2D eigenvalue weighted by Gasteiger charge is -2.12. The SMILES string of the molecule is Clc1ccc2nsnc2c1NCC1CCSC1. The molecule has 6 heteroatoms. The van der Waals surface area contributed by atoms with Gasteiger partial charge in [-0.25, -0.2) is 0 Å². The highest BCUT2D eigenvalue weighted by molar-refractivity contribution is 7.99. The molecule has 2 aromatic rings. The summed E-state index contributed by atoms with van der Waals surface area (Å²) in [6, 6.07) is 3.80. The molecule has 0 saturated carbocycles. The molecule has 3 nitrogen and oxygen atoms in total. The average Bonchev–Trinajstić information content (AvgIpc) is 2.97. The highest BCUT2D eigenvalue weighted by Gasteiger charge is 2.16. The van der Waals surface area contributed by atoms with Gasteiger partial charge in [-0.05, 0) is 36.0 Å². The van der Waals surface area contributed by atoms with Gasteiger partial charge >= 0.3 is 0 Å². The summed E-state index contributed by atoms with van der Waals surface area (Å²) in [6.07, 6.45) is 1.29. The molecule has 0 amide bonds. The first-order valence-corrected chi connectivity index (χ1v) is 7.83. The molecule has 90 valence electrons. The molecule has 0 radical (unpaired) electrons. The Morgan fingerprint density at radius 2 is 2.35 bits per heavy atom. The Labute approximate surface area is 113 Å². The molecule has 1 aliphatic rings. The van der Waals surface area contributed by atoms with Crippen LogP contribution in [0.25, 0.3) is 11.0 Å². The second kappa shape index (κ2) is 5.00. The smallest absolute Gasteiger partial charge is 0.129 e. The Morgan fingerprint density at radius 1 is 1.41 bits per heavy atom. The highest BCUT2D eigenvalue weighted by atomic mass is 35.5. The van der Waals surface area contributed by atoms with Crippen molar-refractivity contribution in [3.05, 3.63) is 17.2 Å². The van der Waals surface area contributed by atoms with Crippen molar-refractivity contribution in [1.29, 1.82) is 0 Å². The van der Waals surface area contributed by atoms with Crippen molar-refractivity contribution >= 4 is 51.8 Å². The lowest BCUT2D eigenvalue weighted by atomic mass is 10.1. The molecule has 17 heavy (non-hydrogen) atoms. The lowest BCUT2D eigenvalue weighted by molar-refractivity contribution is 0.632. The van der Waals surface area contributed by atoms with Gasteiger partial charge in [-0.15, -0.1) is 0 Å². The summed E-state index contributed by atoms with van der Waals surface area (Å²) >= 11 is 9.47. The van der Waals surface area contributed by atoms with Crippen LogP contribution >= 0.6 is 35.1 Å². The van der Waals surface area contributed by atoms with Gasteiger partial charge in [0.05, 0.1) is 22.4 Å². The van der Waals surface area contributed by atoms with Crippen molar-refractivity contribution in [3.63, 3.8) is 0 Å². The summed E-state index contributed by atoms with van der Waals surface area (Å²) < 4.78 is 8.53. The fourth-order valence-corrected chi connectivity index (χ4v) is 4.03. The predicted molar refractivity (Wildman–Crippen MR) is 76.3 cm³/mol. The minimum absolute atomic E-state index is 0.732. The normalized spacial score (nSPS) is 19.9. The van der Waals surface area contributed by atoms with E-state index in [9.17, 15) is 0 Å². The first-order valence-electron chi connectivity index (χ1n) is 5.57. The van der Waals surface area contributed by atoms with E-state index in [1.807, 2.05) is 23.9 Å². The van der Waals surface area contributed by atoms with Gasteiger partial charge in [0.1, 0.15) is 11.0 Å². The maximum absolute atomic E-state index is 6.21. The molecule has 3 rings (SSSR count). The maximum Gasteiger partial charge on any atom is 0.129 e. The minimum atomic E-state index is 0.732. The Hall–Kier alpha value is -0.520. The van der Waals surface area contributed by atoms with E-state index in [2.05, 4.69) is 14.1 Å². The molecule has 0 spiro atoms. The van der Waals surface area contributed by atoms with Crippen LogP contribution in [0.2, 0.25) is 5.02 Å². The van der Waals surface area contributed by atoms with Crippen molar-refractivity contribution in [2.45, 2.75) is 6.42 Å². The Balaban J connectivity index is 1.82. The lowest BCUT2D eigenvalue weighted by Crippen LogP contribution is -2.13. The molecule has 1 aliphatic heterocycles. The Bertz CT molecular complexity index is 522. The Morgan fingerprint density at radius 3 is 3.18 bits per heavy atom. The number of aromatic nitrogens is 2. The molecule has 1 unspecified atom stereocenters. The highest BCUT2D eigenvalue weighted by Crippen LogP contribution is 2.31.